The second-order valence-corrected chi connectivity index (χ2v) is 5.60. The minimum Gasteiger partial charge on any atom is -0.353 e. The van der Waals surface area contributed by atoms with Crippen LogP contribution in [-0.4, -0.2) is 38.0 Å². The number of nitrogens with one attached hydrogen (secondary N) is 1. The number of hydrogen-bond acceptors (Lipinski definition) is 2. The maximum atomic E-state index is 11.6. The van der Waals surface area contributed by atoms with Crippen LogP contribution in [0.4, 0.5) is 0 Å². The normalized spacial score (nSPS) is 11.5. The van der Waals surface area contributed by atoms with Gasteiger partial charge in [0.05, 0.1) is 0 Å². The molecule has 20 heavy (non-hydrogen) atoms. The van der Waals surface area contributed by atoms with Gasteiger partial charge in [0.25, 0.3) is 0 Å². The summed E-state index contributed by atoms with van der Waals surface area (Å²) in [6, 6.07) is 8.31. The van der Waals surface area contributed by atoms with Crippen LogP contribution in [0, 0.1) is 0 Å². The van der Waals surface area contributed by atoms with E-state index in [1.54, 1.807) is 6.08 Å². The van der Waals surface area contributed by atoms with E-state index in [4.69, 9.17) is 0 Å². The Morgan fingerprint density at radius 2 is 1.90 bits per heavy atom. The van der Waals surface area contributed by atoms with Crippen LogP contribution in [0.15, 0.2) is 30.3 Å². The van der Waals surface area contributed by atoms with Gasteiger partial charge < -0.3 is 10.2 Å². The fraction of sp³-hybridized carbons (Fsp3) is 0.471. The number of hydrogen-bond donors (Lipinski definition) is 1. The maximum Gasteiger partial charge on any atom is 0.243 e. The summed E-state index contributed by atoms with van der Waals surface area (Å²) >= 11 is 0. The van der Waals surface area contributed by atoms with Crippen LogP contribution in [-0.2, 0) is 4.79 Å². The van der Waals surface area contributed by atoms with Crippen LogP contribution in [0.5, 0.6) is 0 Å². The molecule has 1 amide bonds. The Balaban J connectivity index is 2.37. The summed E-state index contributed by atoms with van der Waals surface area (Å²) in [4.78, 5) is 13.7. The molecule has 0 aliphatic heterocycles. The summed E-state index contributed by atoms with van der Waals surface area (Å²) in [7, 11) is 4.06. The average molecular weight is 274 g/mol. The minimum atomic E-state index is -0.0308. The number of nitrogens with zero attached hydrogens (tertiary/aromatic N) is 1. The molecule has 0 aliphatic rings. The summed E-state index contributed by atoms with van der Waals surface area (Å²) in [5.41, 5.74) is 2.37. The Labute approximate surface area is 122 Å². The van der Waals surface area contributed by atoms with Crippen molar-refractivity contribution in [2.75, 3.05) is 27.2 Å². The van der Waals surface area contributed by atoms with E-state index in [2.05, 4.69) is 36.2 Å². The number of carbonyl (C=O) groups excluding carboxylic acids is 1. The highest BCUT2D eigenvalue weighted by Gasteiger charge is 1.98. The lowest BCUT2D eigenvalue weighted by atomic mass is 10.0. The Kier molecular flexibility index (Phi) is 7.02. The molecule has 110 valence electrons. The molecule has 0 fully saturated rings. The quantitative estimate of drug-likeness (QED) is 0.612. The monoisotopic (exact) mass is 274 g/mol. The van der Waals surface area contributed by atoms with E-state index in [0.29, 0.717) is 12.5 Å². The highest BCUT2D eigenvalue weighted by atomic mass is 16.1. The van der Waals surface area contributed by atoms with Gasteiger partial charge in [-0.05, 0) is 50.2 Å². The Morgan fingerprint density at radius 1 is 1.25 bits per heavy atom. The average Bonchev–Trinajstić information content (AvgIpc) is 2.41. The molecule has 0 atom stereocenters. The Morgan fingerprint density at radius 3 is 2.45 bits per heavy atom. The summed E-state index contributed by atoms with van der Waals surface area (Å²) < 4.78 is 0. The van der Waals surface area contributed by atoms with E-state index in [1.807, 2.05) is 32.3 Å². The van der Waals surface area contributed by atoms with Gasteiger partial charge in [-0.25, -0.2) is 0 Å². The van der Waals surface area contributed by atoms with E-state index in [0.717, 1.165) is 18.5 Å². The molecule has 0 aliphatic carbocycles. The lowest BCUT2D eigenvalue weighted by molar-refractivity contribution is -0.116. The lowest BCUT2D eigenvalue weighted by Gasteiger charge is -2.08. The molecule has 0 radical (unpaired) electrons. The standard InChI is InChI=1S/C17H26N2O/c1-14(2)16-9-6-15(7-10-16)8-11-17(20)18-12-5-13-19(3)4/h6-11,14H,5,12-13H2,1-4H3,(H,18,20). The molecule has 1 N–H and O–H groups in total. The van der Waals surface area contributed by atoms with Crippen molar-refractivity contribution in [1.29, 1.82) is 0 Å². The van der Waals surface area contributed by atoms with Crippen LogP contribution in [0.2, 0.25) is 0 Å². The second-order valence-electron chi connectivity index (χ2n) is 5.60. The third-order valence-electron chi connectivity index (χ3n) is 3.11. The van der Waals surface area contributed by atoms with Crippen molar-refractivity contribution in [1.82, 2.24) is 10.2 Å². The first-order valence-corrected chi connectivity index (χ1v) is 7.19. The van der Waals surface area contributed by atoms with Crippen molar-refractivity contribution in [3.8, 4) is 0 Å². The fourth-order valence-corrected chi connectivity index (χ4v) is 1.83. The third kappa shape index (κ3) is 6.53. The number of rotatable bonds is 7. The van der Waals surface area contributed by atoms with E-state index < -0.39 is 0 Å². The lowest BCUT2D eigenvalue weighted by Crippen LogP contribution is -2.25. The van der Waals surface area contributed by atoms with Crippen LogP contribution < -0.4 is 5.32 Å². The predicted molar refractivity (Wildman–Crippen MR) is 85.7 cm³/mol. The van der Waals surface area contributed by atoms with Gasteiger partial charge in [-0.15, -0.1) is 0 Å². The van der Waals surface area contributed by atoms with Crippen molar-refractivity contribution in [2.24, 2.45) is 0 Å². The predicted octanol–water partition coefficient (Wildman–Crippen LogP) is 2.89. The second kappa shape index (κ2) is 8.54. The first kappa shape index (κ1) is 16.4. The van der Waals surface area contributed by atoms with Crippen molar-refractivity contribution >= 4 is 12.0 Å². The molecule has 0 aromatic heterocycles. The molecule has 0 bridgehead atoms. The molecular weight excluding hydrogens is 248 g/mol. The van der Waals surface area contributed by atoms with Crippen molar-refractivity contribution in [3.05, 3.63) is 41.5 Å². The molecule has 0 unspecified atom stereocenters. The van der Waals surface area contributed by atoms with Crippen LogP contribution in [0.1, 0.15) is 37.3 Å². The largest absolute Gasteiger partial charge is 0.353 e. The molecule has 3 heteroatoms. The van der Waals surface area contributed by atoms with E-state index >= 15 is 0 Å². The first-order chi connectivity index (χ1) is 9.49. The summed E-state index contributed by atoms with van der Waals surface area (Å²) in [5.74, 6) is 0.504. The summed E-state index contributed by atoms with van der Waals surface area (Å²) in [5, 5.41) is 2.89. The molecule has 1 aromatic rings. The first-order valence-electron chi connectivity index (χ1n) is 7.19. The van der Waals surface area contributed by atoms with Crippen LogP contribution >= 0.6 is 0 Å². The molecule has 1 rings (SSSR count). The summed E-state index contributed by atoms with van der Waals surface area (Å²) in [6.07, 6.45) is 4.42. The molecular formula is C17H26N2O. The van der Waals surface area contributed by atoms with Crippen molar-refractivity contribution < 1.29 is 4.79 Å². The molecule has 3 nitrogen and oxygen atoms in total. The third-order valence-corrected chi connectivity index (χ3v) is 3.11. The molecule has 1 aromatic carbocycles. The van der Waals surface area contributed by atoms with E-state index in [-0.39, 0.29) is 5.91 Å². The smallest absolute Gasteiger partial charge is 0.243 e. The zero-order valence-electron chi connectivity index (χ0n) is 13.0. The van der Waals surface area contributed by atoms with Gasteiger partial charge >= 0.3 is 0 Å². The van der Waals surface area contributed by atoms with E-state index in [1.165, 1.54) is 5.56 Å². The van der Waals surface area contributed by atoms with Gasteiger partial charge in [-0.2, -0.15) is 0 Å². The highest BCUT2D eigenvalue weighted by molar-refractivity contribution is 5.91. The number of amides is 1. The minimum absolute atomic E-state index is 0.0308. The highest BCUT2D eigenvalue weighted by Crippen LogP contribution is 2.15. The number of carbonyl (C=O) groups is 1. The number of benzene rings is 1. The molecule has 0 heterocycles. The van der Waals surface area contributed by atoms with Crippen LogP contribution in [0.25, 0.3) is 6.08 Å². The van der Waals surface area contributed by atoms with Gasteiger partial charge in [0.1, 0.15) is 0 Å². The Hall–Kier alpha value is -1.61. The fourth-order valence-electron chi connectivity index (χ4n) is 1.83. The topological polar surface area (TPSA) is 32.3 Å². The van der Waals surface area contributed by atoms with Gasteiger partial charge in [0, 0.05) is 12.6 Å². The SMILES string of the molecule is CC(C)c1ccc(C=CC(=O)NCCCN(C)C)cc1. The van der Waals surface area contributed by atoms with Crippen LogP contribution in [0.3, 0.4) is 0 Å². The molecule has 0 spiro atoms. The van der Waals surface area contributed by atoms with Gasteiger partial charge in [0.15, 0.2) is 0 Å². The van der Waals surface area contributed by atoms with Crippen molar-refractivity contribution in [3.63, 3.8) is 0 Å². The zero-order chi connectivity index (χ0) is 15.0. The van der Waals surface area contributed by atoms with Crippen molar-refractivity contribution in [2.45, 2.75) is 26.2 Å². The Bertz CT molecular complexity index is 433. The van der Waals surface area contributed by atoms with Gasteiger partial charge in [-0.3, -0.25) is 4.79 Å². The van der Waals surface area contributed by atoms with Gasteiger partial charge in [0.2, 0.25) is 5.91 Å². The maximum absolute atomic E-state index is 11.6. The zero-order valence-corrected chi connectivity index (χ0v) is 13.0. The summed E-state index contributed by atoms with van der Waals surface area (Å²) in [6.45, 7) is 6.05. The van der Waals surface area contributed by atoms with E-state index in [9.17, 15) is 4.79 Å². The molecule has 0 saturated heterocycles. The molecule has 0 saturated carbocycles. The van der Waals surface area contributed by atoms with Gasteiger partial charge in [-0.1, -0.05) is 38.1 Å².